The Morgan fingerprint density at radius 1 is 1.53 bits per heavy atom. The molecule has 1 aliphatic heterocycles. The first-order valence-corrected chi connectivity index (χ1v) is 6.80. The number of piperidine rings is 1. The van der Waals surface area contributed by atoms with Crippen LogP contribution in [0.15, 0.2) is 18.2 Å². The minimum Gasteiger partial charge on any atom is -0.394 e. The van der Waals surface area contributed by atoms with Crippen LogP contribution >= 0.6 is 11.6 Å². The van der Waals surface area contributed by atoms with Gasteiger partial charge in [0.05, 0.1) is 35.6 Å². The number of anilines is 1. The lowest BCUT2D eigenvalue weighted by Crippen LogP contribution is -2.40. The third-order valence-electron chi connectivity index (χ3n) is 3.25. The van der Waals surface area contributed by atoms with Gasteiger partial charge in [0.25, 0.3) is 0 Å². The number of para-hydroxylation sites is 1. The first kappa shape index (κ1) is 14.1. The van der Waals surface area contributed by atoms with Gasteiger partial charge in [-0.25, -0.2) is 0 Å². The molecule has 0 aliphatic carbocycles. The monoisotopic (exact) mass is 280 g/mol. The Bertz CT molecular complexity index is 473. The third kappa shape index (κ3) is 3.38. The Morgan fingerprint density at radius 2 is 2.37 bits per heavy atom. The normalized spacial score (nSPS) is 19.2. The lowest BCUT2D eigenvalue weighted by Gasteiger charge is -2.35. The molecular formula is C14H17ClN2O2. The number of hydrogen-bond acceptors (Lipinski definition) is 4. The van der Waals surface area contributed by atoms with Crippen LogP contribution in [0.25, 0.3) is 0 Å². The molecule has 0 spiro atoms. The molecule has 0 amide bonds. The molecule has 0 aromatic heterocycles. The molecule has 0 saturated carbocycles. The van der Waals surface area contributed by atoms with Crippen molar-refractivity contribution in [3.05, 3.63) is 28.8 Å². The SMILES string of the molecule is N#Cc1cccc(Cl)c1N1CCCC(OCCO)C1. The van der Waals surface area contributed by atoms with E-state index in [9.17, 15) is 5.26 Å². The molecule has 1 aromatic carbocycles. The van der Waals surface area contributed by atoms with Crippen LogP contribution in [0.1, 0.15) is 18.4 Å². The van der Waals surface area contributed by atoms with Crippen molar-refractivity contribution in [2.24, 2.45) is 0 Å². The topological polar surface area (TPSA) is 56.5 Å². The average Bonchev–Trinajstić information content (AvgIpc) is 2.45. The summed E-state index contributed by atoms with van der Waals surface area (Å²) in [6.07, 6.45) is 2.05. The van der Waals surface area contributed by atoms with Gasteiger partial charge in [-0.2, -0.15) is 5.26 Å². The number of benzene rings is 1. The van der Waals surface area contributed by atoms with E-state index in [2.05, 4.69) is 11.0 Å². The highest BCUT2D eigenvalue weighted by atomic mass is 35.5. The van der Waals surface area contributed by atoms with Gasteiger partial charge in [0.15, 0.2) is 0 Å². The molecule has 1 unspecified atom stereocenters. The van der Waals surface area contributed by atoms with Crippen molar-refractivity contribution in [1.29, 1.82) is 5.26 Å². The van der Waals surface area contributed by atoms with Crippen molar-refractivity contribution in [1.82, 2.24) is 0 Å². The Hall–Kier alpha value is -1.28. The van der Waals surface area contributed by atoms with Crippen molar-refractivity contribution in [3.63, 3.8) is 0 Å². The van der Waals surface area contributed by atoms with E-state index < -0.39 is 0 Å². The highest BCUT2D eigenvalue weighted by Crippen LogP contribution is 2.32. The standard InChI is InChI=1S/C14H17ClN2O2/c15-13-5-1-3-11(9-16)14(13)17-6-2-4-12(10-17)19-8-7-18/h1,3,5,12,18H,2,4,6-8,10H2. The average molecular weight is 281 g/mol. The van der Waals surface area contributed by atoms with Crippen LogP contribution in [0.5, 0.6) is 0 Å². The summed E-state index contributed by atoms with van der Waals surface area (Å²) in [5.41, 5.74) is 1.39. The van der Waals surface area contributed by atoms with E-state index in [1.54, 1.807) is 18.2 Å². The molecule has 2 rings (SSSR count). The van der Waals surface area contributed by atoms with Crippen LogP contribution in [-0.4, -0.2) is 37.5 Å². The summed E-state index contributed by atoms with van der Waals surface area (Å²) in [5.74, 6) is 0. The number of aliphatic hydroxyl groups is 1. The Balaban J connectivity index is 2.15. The van der Waals surface area contributed by atoms with Crippen LogP contribution < -0.4 is 4.90 Å². The quantitative estimate of drug-likeness (QED) is 0.918. The van der Waals surface area contributed by atoms with Gasteiger partial charge in [0.2, 0.25) is 0 Å². The van der Waals surface area contributed by atoms with E-state index in [-0.39, 0.29) is 12.7 Å². The molecule has 4 nitrogen and oxygen atoms in total. The van der Waals surface area contributed by atoms with Gasteiger partial charge >= 0.3 is 0 Å². The summed E-state index contributed by atoms with van der Waals surface area (Å²) in [5, 5.41) is 18.6. The predicted octanol–water partition coefficient (Wildman–Crippen LogP) is 2.19. The maximum Gasteiger partial charge on any atom is 0.101 e. The maximum atomic E-state index is 9.18. The lowest BCUT2D eigenvalue weighted by atomic mass is 10.1. The van der Waals surface area contributed by atoms with Crippen molar-refractivity contribution in [2.45, 2.75) is 18.9 Å². The summed E-state index contributed by atoms with van der Waals surface area (Å²) in [4.78, 5) is 2.10. The molecular weight excluding hydrogens is 264 g/mol. The fraction of sp³-hybridized carbons (Fsp3) is 0.500. The third-order valence-corrected chi connectivity index (χ3v) is 3.55. The first-order chi connectivity index (χ1) is 9.26. The molecule has 0 bridgehead atoms. The van der Waals surface area contributed by atoms with Crippen LogP contribution in [0, 0.1) is 11.3 Å². The van der Waals surface area contributed by atoms with E-state index in [1.165, 1.54) is 0 Å². The number of rotatable bonds is 4. The predicted molar refractivity (Wildman–Crippen MR) is 74.4 cm³/mol. The van der Waals surface area contributed by atoms with Crippen molar-refractivity contribution in [3.8, 4) is 6.07 Å². The maximum absolute atomic E-state index is 9.18. The second-order valence-corrected chi connectivity index (χ2v) is 4.96. The van der Waals surface area contributed by atoms with Crippen molar-refractivity contribution < 1.29 is 9.84 Å². The van der Waals surface area contributed by atoms with E-state index in [0.29, 0.717) is 23.7 Å². The lowest BCUT2D eigenvalue weighted by molar-refractivity contribution is 0.0214. The highest BCUT2D eigenvalue weighted by molar-refractivity contribution is 6.33. The minimum atomic E-state index is 0.0338. The molecule has 1 heterocycles. The Morgan fingerprint density at radius 3 is 3.11 bits per heavy atom. The zero-order valence-corrected chi connectivity index (χ0v) is 11.4. The van der Waals surface area contributed by atoms with E-state index in [0.717, 1.165) is 25.1 Å². The summed E-state index contributed by atoms with van der Waals surface area (Å²) in [7, 11) is 0. The van der Waals surface area contributed by atoms with Gasteiger partial charge in [-0.15, -0.1) is 0 Å². The Labute approximate surface area is 118 Å². The molecule has 19 heavy (non-hydrogen) atoms. The van der Waals surface area contributed by atoms with Gasteiger partial charge in [0.1, 0.15) is 6.07 Å². The van der Waals surface area contributed by atoms with E-state index in [1.807, 2.05) is 0 Å². The zero-order valence-electron chi connectivity index (χ0n) is 10.7. The summed E-state index contributed by atoms with van der Waals surface area (Å²) < 4.78 is 5.58. The summed E-state index contributed by atoms with van der Waals surface area (Å²) >= 11 is 6.22. The smallest absolute Gasteiger partial charge is 0.101 e. The number of halogens is 1. The fourth-order valence-electron chi connectivity index (χ4n) is 2.42. The zero-order chi connectivity index (χ0) is 13.7. The molecule has 1 N–H and O–H groups in total. The molecule has 1 atom stereocenters. The molecule has 1 aliphatic rings. The second kappa shape index (κ2) is 6.76. The van der Waals surface area contributed by atoms with Crippen molar-refractivity contribution >= 4 is 17.3 Å². The highest BCUT2D eigenvalue weighted by Gasteiger charge is 2.23. The number of hydrogen-bond donors (Lipinski definition) is 1. The van der Waals surface area contributed by atoms with Crippen LogP contribution in [0.3, 0.4) is 0 Å². The molecule has 0 radical (unpaired) electrons. The Kier molecular flexibility index (Phi) is 5.03. The van der Waals surface area contributed by atoms with Gasteiger partial charge < -0.3 is 14.7 Å². The second-order valence-electron chi connectivity index (χ2n) is 4.55. The number of ether oxygens (including phenoxy) is 1. The fourth-order valence-corrected chi connectivity index (χ4v) is 2.72. The van der Waals surface area contributed by atoms with Crippen LogP contribution in [0.2, 0.25) is 5.02 Å². The van der Waals surface area contributed by atoms with Crippen LogP contribution in [-0.2, 0) is 4.74 Å². The largest absolute Gasteiger partial charge is 0.394 e. The summed E-state index contributed by atoms with van der Waals surface area (Å²) in [6, 6.07) is 7.55. The van der Waals surface area contributed by atoms with Crippen LogP contribution in [0.4, 0.5) is 5.69 Å². The molecule has 102 valence electrons. The van der Waals surface area contributed by atoms with Gasteiger partial charge in [-0.05, 0) is 25.0 Å². The van der Waals surface area contributed by atoms with Crippen molar-refractivity contribution in [2.75, 3.05) is 31.2 Å². The van der Waals surface area contributed by atoms with Gasteiger partial charge in [-0.3, -0.25) is 0 Å². The minimum absolute atomic E-state index is 0.0338. The number of nitrogens with zero attached hydrogens (tertiary/aromatic N) is 2. The van der Waals surface area contributed by atoms with E-state index >= 15 is 0 Å². The van der Waals surface area contributed by atoms with Gasteiger partial charge in [0, 0.05) is 13.1 Å². The first-order valence-electron chi connectivity index (χ1n) is 6.42. The molecule has 1 aromatic rings. The molecule has 1 fully saturated rings. The molecule has 5 heteroatoms. The summed E-state index contributed by atoms with van der Waals surface area (Å²) in [6.45, 7) is 1.97. The number of nitriles is 1. The number of aliphatic hydroxyl groups excluding tert-OH is 1. The van der Waals surface area contributed by atoms with Gasteiger partial charge in [-0.1, -0.05) is 17.7 Å². The molecule has 1 saturated heterocycles. The van der Waals surface area contributed by atoms with E-state index in [4.69, 9.17) is 21.4 Å².